The number of benzene rings is 2. The number of likely N-dealkylation sites (N-methyl/N-ethyl adjacent to an activating group) is 1. The van der Waals surface area contributed by atoms with E-state index in [1.807, 2.05) is 12.1 Å². The van der Waals surface area contributed by atoms with Gasteiger partial charge in [0.05, 0.1) is 7.11 Å². The van der Waals surface area contributed by atoms with Crippen molar-refractivity contribution in [3.05, 3.63) is 59.7 Å². The van der Waals surface area contributed by atoms with Crippen LogP contribution >= 0.6 is 0 Å². The van der Waals surface area contributed by atoms with Crippen LogP contribution in [-0.4, -0.2) is 38.7 Å². The van der Waals surface area contributed by atoms with Crippen molar-refractivity contribution in [2.45, 2.75) is 33.7 Å². The van der Waals surface area contributed by atoms with Gasteiger partial charge in [0.15, 0.2) is 0 Å². The van der Waals surface area contributed by atoms with Crippen molar-refractivity contribution in [1.29, 1.82) is 0 Å². The average Bonchev–Trinajstić information content (AvgIpc) is 2.65. The summed E-state index contributed by atoms with van der Waals surface area (Å²) in [6.45, 7) is 10.9. The fraction of sp³-hybridized carbons (Fsp3) is 0.478. The Morgan fingerprint density at radius 3 is 2.31 bits per heavy atom. The van der Waals surface area contributed by atoms with Gasteiger partial charge in [-0.15, -0.1) is 0 Å². The van der Waals surface area contributed by atoms with Crippen molar-refractivity contribution in [3.8, 4) is 5.75 Å². The van der Waals surface area contributed by atoms with Crippen LogP contribution in [0.2, 0.25) is 0 Å². The van der Waals surface area contributed by atoms with Gasteiger partial charge in [0.25, 0.3) is 0 Å². The summed E-state index contributed by atoms with van der Waals surface area (Å²) in [5, 5.41) is 0. The number of anilines is 1. The van der Waals surface area contributed by atoms with E-state index >= 15 is 0 Å². The van der Waals surface area contributed by atoms with Crippen LogP contribution in [0.5, 0.6) is 5.75 Å². The zero-order chi connectivity index (χ0) is 18.9. The van der Waals surface area contributed by atoms with Crippen molar-refractivity contribution >= 4 is 5.69 Å². The summed E-state index contributed by atoms with van der Waals surface area (Å²) in [4.78, 5) is 4.79. The lowest BCUT2D eigenvalue weighted by atomic mass is 10.1. The summed E-state index contributed by atoms with van der Waals surface area (Å²) in [5.74, 6) is 1.63. The number of nitrogens with zero attached hydrogens (tertiary/aromatic N) is 2. The van der Waals surface area contributed by atoms with E-state index < -0.39 is 0 Å². The van der Waals surface area contributed by atoms with E-state index in [-0.39, 0.29) is 0 Å². The summed E-state index contributed by atoms with van der Waals surface area (Å²) in [6, 6.07) is 17.4. The van der Waals surface area contributed by atoms with Crippen molar-refractivity contribution in [2.24, 2.45) is 5.92 Å². The van der Waals surface area contributed by atoms with Gasteiger partial charge in [0.1, 0.15) is 5.75 Å². The largest absolute Gasteiger partial charge is 0.497 e. The van der Waals surface area contributed by atoms with Crippen LogP contribution in [-0.2, 0) is 13.0 Å². The molecule has 0 aliphatic carbocycles. The van der Waals surface area contributed by atoms with E-state index in [9.17, 15) is 0 Å². The molecule has 142 valence electrons. The molecule has 0 bridgehead atoms. The molecule has 3 nitrogen and oxygen atoms in total. The van der Waals surface area contributed by atoms with E-state index in [0.29, 0.717) is 0 Å². The highest BCUT2D eigenvalue weighted by Crippen LogP contribution is 2.22. The second kappa shape index (κ2) is 10.2. The first-order valence-corrected chi connectivity index (χ1v) is 9.67. The molecule has 0 atom stereocenters. The second-order valence-electron chi connectivity index (χ2n) is 7.44. The van der Waals surface area contributed by atoms with Gasteiger partial charge in [-0.25, -0.2) is 0 Å². The van der Waals surface area contributed by atoms with Crippen LogP contribution in [0.3, 0.4) is 0 Å². The van der Waals surface area contributed by atoms with Gasteiger partial charge in [-0.1, -0.05) is 44.2 Å². The minimum absolute atomic E-state index is 0.721. The van der Waals surface area contributed by atoms with Gasteiger partial charge in [0, 0.05) is 37.9 Å². The van der Waals surface area contributed by atoms with Gasteiger partial charge in [-0.3, -0.25) is 0 Å². The Kier molecular flexibility index (Phi) is 7.99. The first-order valence-electron chi connectivity index (χ1n) is 9.67. The van der Waals surface area contributed by atoms with E-state index in [2.05, 4.69) is 74.0 Å². The Balaban J connectivity index is 1.94. The van der Waals surface area contributed by atoms with E-state index in [1.54, 1.807) is 7.11 Å². The van der Waals surface area contributed by atoms with E-state index in [0.717, 1.165) is 44.3 Å². The van der Waals surface area contributed by atoms with Gasteiger partial charge < -0.3 is 14.5 Å². The summed E-state index contributed by atoms with van der Waals surface area (Å²) in [5.41, 5.74) is 3.95. The first-order chi connectivity index (χ1) is 12.5. The fourth-order valence-corrected chi connectivity index (χ4v) is 3.26. The topological polar surface area (TPSA) is 15.7 Å². The molecule has 0 amide bonds. The Bertz CT molecular complexity index is 652. The minimum atomic E-state index is 0.721. The molecule has 0 aromatic heterocycles. The first kappa shape index (κ1) is 20.3. The maximum Gasteiger partial charge on any atom is 0.120 e. The molecule has 0 saturated carbocycles. The molecule has 2 aromatic rings. The van der Waals surface area contributed by atoms with Crippen LogP contribution in [0.1, 0.15) is 31.9 Å². The van der Waals surface area contributed by atoms with Crippen molar-refractivity contribution < 1.29 is 4.74 Å². The lowest BCUT2D eigenvalue weighted by Gasteiger charge is -2.24. The third-order valence-corrected chi connectivity index (χ3v) is 4.66. The number of hydrogen-bond donors (Lipinski definition) is 0. The molecule has 0 radical (unpaired) electrons. The third kappa shape index (κ3) is 6.38. The van der Waals surface area contributed by atoms with Gasteiger partial charge in [-0.05, 0) is 49.6 Å². The lowest BCUT2D eigenvalue weighted by Crippen LogP contribution is -2.25. The molecule has 2 aromatic carbocycles. The van der Waals surface area contributed by atoms with Crippen molar-refractivity contribution in [3.63, 3.8) is 0 Å². The van der Waals surface area contributed by atoms with Gasteiger partial charge in [0.2, 0.25) is 0 Å². The number of rotatable bonds is 10. The predicted octanol–water partition coefficient (Wildman–Crippen LogP) is 4.85. The third-order valence-electron chi connectivity index (χ3n) is 4.66. The number of methoxy groups -OCH3 is 1. The molecule has 26 heavy (non-hydrogen) atoms. The zero-order valence-electron chi connectivity index (χ0n) is 17.0. The molecule has 0 spiro atoms. The molecule has 0 saturated heterocycles. The van der Waals surface area contributed by atoms with Crippen LogP contribution in [0, 0.1) is 5.92 Å². The maximum atomic E-state index is 5.35. The fourth-order valence-electron chi connectivity index (χ4n) is 3.26. The summed E-state index contributed by atoms with van der Waals surface area (Å²) in [6.07, 6.45) is 1.11. The predicted molar refractivity (Wildman–Crippen MR) is 112 cm³/mol. The van der Waals surface area contributed by atoms with Crippen LogP contribution in [0.4, 0.5) is 5.69 Å². The summed E-state index contributed by atoms with van der Waals surface area (Å²) in [7, 11) is 3.92. The normalized spacial score (nSPS) is 11.2. The minimum Gasteiger partial charge on any atom is -0.497 e. The SMILES string of the molecule is CCN(Cc1ccc(CCN(C)CC(C)C)cc1)c1cccc(OC)c1. The van der Waals surface area contributed by atoms with Gasteiger partial charge in [-0.2, -0.15) is 0 Å². The Morgan fingerprint density at radius 2 is 1.69 bits per heavy atom. The van der Waals surface area contributed by atoms with E-state index in [1.165, 1.54) is 16.8 Å². The molecule has 2 rings (SSSR count). The van der Waals surface area contributed by atoms with Crippen molar-refractivity contribution in [2.75, 3.05) is 38.7 Å². The molecule has 0 aliphatic rings. The zero-order valence-corrected chi connectivity index (χ0v) is 17.0. The number of hydrogen-bond acceptors (Lipinski definition) is 3. The van der Waals surface area contributed by atoms with Crippen LogP contribution < -0.4 is 9.64 Å². The Hall–Kier alpha value is -2.00. The highest BCUT2D eigenvalue weighted by molar-refractivity contribution is 5.51. The highest BCUT2D eigenvalue weighted by atomic mass is 16.5. The monoisotopic (exact) mass is 354 g/mol. The smallest absolute Gasteiger partial charge is 0.120 e. The standard InChI is InChI=1S/C23H34N2O/c1-6-25(22-8-7-9-23(16-22)26-5)18-21-12-10-20(11-13-21)14-15-24(4)17-19(2)3/h7-13,16,19H,6,14-15,17-18H2,1-5H3. The summed E-state index contributed by atoms with van der Waals surface area (Å²) < 4.78 is 5.35. The number of ether oxygens (including phenoxy) is 1. The summed E-state index contributed by atoms with van der Waals surface area (Å²) >= 11 is 0. The molecule has 0 heterocycles. The maximum absolute atomic E-state index is 5.35. The molecule has 0 unspecified atom stereocenters. The van der Waals surface area contributed by atoms with Crippen LogP contribution in [0.25, 0.3) is 0 Å². The van der Waals surface area contributed by atoms with Crippen LogP contribution in [0.15, 0.2) is 48.5 Å². The molecule has 0 N–H and O–H groups in total. The highest BCUT2D eigenvalue weighted by Gasteiger charge is 2.07. The molecule has 3 heteroatoms. The average molecular weight is 355 g/mol. The van der Waals surface area contributed by atoms with Gasteiger partial charge >= 0.3 is 0 Å². The second-order valence-corrected chi connectivity index (χ2v) is 7.44. The van der Waals surface area contributed by atoms with E-state index in [4.69, 9.17) is 4.74 Å². The Morgan fingerprint density at radius 1 is 1.00 bits per heavy atom. The quantitative estimate of drug-likeness (QED) is 0.606. The molecular formula is C23H34N2O. The molecule has 0 fully saturated rings. The molecular weight excluding hydrogens is 320 g/mol. The van der Waals surface area contributed by atoms with Crippen molar-refractivity contribution in [1.82, 2.24) is 4.90 Å². The lowest BCUT2D eigenvalue weighted by molar-refractivity contribution is 0.299. The Labute approximate surface area is 159 Å². The molecule has 0 aliphatic heterocycles.